The number of rotatable bonds is 5. The van der Waals surface area contributed by atoms with Crippen molar-refractivity contribution in [3.05, 3.63) is 81.6 Å². The maximum absolute atomic E-state index is 13.6. The van der Waals surface area contributed by atoms with Crippen LogP contribution in [0.3, 0.4) is 0 Å². The molecule has 0 spiro atoms. The number of fused-ring (bicyclic) bond motifs is 1. The number of carbonyl (C=O) groups excluding carboxylic acids is 1. The molecule has 2 aromatic heterocycles. The second kappa shape index (κ2) is 7.61. The SMILES string of the molecule is O=C(Nc1c(Cl)cccc1Cl)c1cc(C2CC2)nc2c1c(C1CC1)nn2-c1ccccc1. The highest BCUT2D eigenvalue weighted by Gasteiger charge is 2.34. The van der Waals surface area contributed by atoms with Gasteiger partial charge in [0.05, 0.1) is 38.1 Å². The van der Waals surface area contributed by atoms with Gasteiger partial charge in [0, 0.05) is 17.5 Å². The Kier molecular flexibility index (Phi) is 4.70. The summed E-state index contributed by atoms with van der Waals surface area (Å²) in [5.41, 5.74) is 4.55. The number of aromatic nitrogens is 3. The molecule has 32 heavy (non-hydrogen) atoms. The van der Waals surface area contributed by atoms with Gasteiger partial charge in [-0.05, 0) is 56.0 Å². The lowest BCUT2D eigenvalue weighted by atomic mass is 10.0. The third-order valence-corrected chi connectivity index (χ3v) is 6.72. The van der Waals surface area contributed by atoms with E-state index in [4.69, 9.17) is 33.3 Å². The van der Waals surface area contributed by atoms with E-state index < -0.39 is 0 Å². The molecule has 0 unspecified atom stereocenters. The van der Waals surface area contributed by atoms with Crippen LogP contribution in [-0.4, -0.2) is 20.7 Å². The first-order valence-corrected chi connectivity index (χ1v) is 11.6. The monoisotopic (exact) mass is 462 g/mol. The van der Waals surface area contributed by atoms with Crippen LogP contribution in [0.2, 0.25) is 10.0 Å². The molecule has 0 bridgehead atoms. The minimum Gasteiger partial charge on any atom is -0.319 e. The first kappa shape index (κ1) is 19.8. The number of carbonyl (C=O) groups is 1. The van der Waals surface area contributed by atoms with Crippen LogP contribution in [-0.2, 0) is 0 Å². The van der Waals surface area contributed by atoms with Crippen molar-refractivity contribution in [1.82, 2.24) is 14.8 Å². The Morgan fingerprint density at radius 2 is 1.62 bits per heavy atom. The molecule has 2 aromatic carbocycles. The number of nitrogens with zero attached hydrogens (tertiary/aromatic N) is 3. The van der Waals surface area contributed by atoms with Crippen molar-refractivity contribution >= 4 is 45.8 Å². The molecule has 2 fully saturated rings. The van der Waals surface area contributed by atoms with Crippen LogP contribution < -0.4 is 5.32 Å². The predicted octanol–water partition coefficient (Wildman–Crippen LogP) is 6.73. The number of anilines is 1. The third kappa shape index (κ3) is 3.46. The minimum absolute atomic E-state index is 0.246. The number of para-hydroxylation sites is 2. The van der Waals surface area contributed by atoms with Crippen LogP contribution in [0.1, 0.15) is 59.3 Å². The van der Waals surface area contributed by atoms with E-state index in [0.29, 0.717) is 33.1 Å². The normalized spacial score (nSPS) is 15.8. The van der Waals surface area contributed by atoms with Gasteiger partial charge in [0.1, 0.15) is 0 Å². The van der Waals surface area contributed by atoms with Crippen LogP contribution in [0, 0.1) is 0 Å². The summed E-state index contributed by atoms with van der Waals surface area (Å²) in [5, 5.41) is 9.52. The van der Waals surface area contributed by atoms with Crippen molar-refractivity contribution in [3.8, 4) is 5.69 Å². The number of amides is 1. The Balaban J connectivity index is 1.55. The van der Waals surface area contributed by atoms with E-state index in [-0.39, 0.29) is 5.91 Å². The molecule has 160 valence electrons. The van der Waals surface area contributed by atoms with Crippen LogP contribution in [0.5, 0.6) is 0 Å². The van der Waals surface area contributed by atoms with Gasteiger partial charge in [-0.15, -0.1) is 0 Å². The average Bonchev–Trinajstić information content (AvgIpc) is 3.73. The Labute approximate surface area is 195 Å². The molecule has 2 heterocycles. The molecule has 4 aromatic rings. The average molecular weight is 463 g/mol. The van der Waals surface area contributed by atoms with Gasteiger partial charge >= 0.3 is 0 Å². The Bertz CT molecular complexity index is 1340. The molecule has 7 heteroatoms. The summed E-state index contributed by atoms with van der Waals surface area (Å²) in [6.07, 6.45) is 4.32. The molecule has 6 rings (SSSR count). The fraction of sp³-hybridized carbons (Fsp3) is 0.240. The topological polar surface area (TPSA) is 59.8 Å². The lowest BCUT2D eigenvalue weighted by Gasteiger charge is -2.12. The number of hydrogen-bond acceptors (Lipinski definition) is 3. The van der Waals surface area contributed by atoms with Crippen molar-refractivity contribution in [1.29, 1.82) is 0 Å². The van der Waals surface area contributed by atoms with E-state index in [0.717, 1.165) is 53.8 Å². The van der Waals surface area contributed by atoms with Crippen molar-refractivity contribution in [3.63, 3.8) is 0 Å². The standard InChI is InChI=1S/C25H20Cl2N4O/c26-18-7-4-8-19(27)23(18)29-25(32)17-13-20(14-9-10-14)28-24-21(17)22(15-11-12-15)30-31(24)16-5-2-1-3-6-16/h1-8,13-15H,9-12H2,(H,29,32). The Hall–Kier alpha value is -2.89. The zero-order valence-electron chi connectivity index (χ0n) is 17.2. The van der Waals surface area contributed by atoms with Gasteiger partial charge in [-0.25, -0.2) is 9.67 Å². The molecule has 2 aliphatic rings. The molecule has 5 nitrogen and oxygen atoms in total. The number of benzene rings is 2. The number of hydrogen-bond donors (Lipinski definition) is 1. The Morgan fingerprint density at radius 1 is 0.938 bits per heavy atom. The van der Waals surface area contributed by atoms with E-state index in [2.05, 4.69) is 5.32 Å². The molecular formula is C25H20Cl2N4O. The minimum atomic E-state index is -0.246. The molecule has 2 saturated carbocycles. The summed E-state index contributed by atoms with van der Waals surface area (Å²) < 4.78 is 1.88. The van der Waals surface area contributed by atoms with Gasteiger partial charge in [0.15, 0.2) is 5.65 Å². The molecule has 1 N–H and O–H groups in total. The second-order valence-corrected chi connectivity index (χ2v) is 9.34. The number of nitrogens with one attached hydrogen (secondary N) is 1. The lowest BCUT2D eigenvalue weighted by Crippen LogP contribution is -2.14. The summed E-state index contributed by atoms with van der Waals surface area (Å²) in [6.45, 7) is 0. The number of halogens is 2. The molecule has 0 aliphatic heterocycles. The van der Waals surface area contributed by atoms with Gasteiger partial charge in [-0.2, -0.15) is 5.10 Å². The molecule has 2 aliphatic carbocycles. The smallest absolute Gasteiger partial charge is 0.256 e. The van der Waals surface area contributed by atoms with Crippen LogP contribution >= 0.6 is 23.2 Å². The summed E-state index contributed by atoms with van der Waals surface area (Å²) in [4.78, 5) is 18.6. The second-order valence-electron chi connectivity index (χ2n) is 8.53. The fourth-order valence-electron chi connectivity index (χ4n) is 4.12. The van der Waals surface area contributed by atoms with Crippen LogP contribution in [0.15, 0.2) is 54.6 Å². The van der Waals surface area contributed by atoms with E-state index in [1.807, 2.05) is 41.1 Å². The zero-order chi connectivity index (χ0) is 21.8. The lowest BCUT2D eigenvalue weighted by molar-refractivity contribution is 0.102. The van der Waals surface area contributed by atoms with Crippen LogP contribution in [0.4, 0.5) is 5.69 Å². The van der Waals surface area contributed by atoms with Gasteiger partial charge in [-0.3, -0.25) is 4.79 Å². The molecule has 0 radical (unpaired) electrons. The van der Waals surface area contributed by atoms with Gasteiger partial charge in [0.25, 0.3) is 5.91 Å². The first-order valence-electron chi connectivity index (χ1n) is 10.8. The largest absolute Gasteiger partial charge is 0.319 e. The van der Waals surface area contributed by atoms with E-state index in [1.54, 1.807) is 18.2 Å². The maximum Gasteiger partial charge on any atom is 0.256 e. The van der Waals surface area contributed by atoms with E-state index in [1.165, 1.54) is 0 Å². The summed E-state index contributed by atoms with van der Waals surface area (Å²) in [6, 6.07) is 17.1. The van der Waals surface area contributed by atoms with Gasteiger partial charge < -0.3 is 5.32 Å². The number of pyridine rings is 1. The van der Waals surface area contributed by atoms with Crippen LogP contribution in [0.25, 0.3) is 16.7 Å². The van der Waals surface area contributed by atoms with Crippen molar-refractivity contribution in [2.24, 2.45) is 0 Å². The highest BCUT2D eigenvalue weighted by Crippen LogP contribution is 2.46. The van der Waals surface area contributed by atoms with Crippen molar-refractivity contribution < 1.29 is 4.79 Å². The molecule has 0 saturated heterocycles. The zero-order valence-corrected chi connectivity index (χ0v) is 18.7. The molecular weight excluding hydrogens is 443 g/mol. The summed E-state index contributed by atoms with van der Waals surface area (Å²) >= 11 is 12.6. The Morgan fingerprint density at radius 3 is 2.28 bits per heavy atom. The third-order valence-electron chi connectivity index (χ3n) is 6.09. The highest BCUT2D eigenvalue weighted by molar-refractivity contribution is 6.40. The quantitative estimate of drug-likeness (QED) is 0.357. The summed E-state index contributed by atoms with van der Waals surface area (Å²) in [5.74, 6) is 0.494. The molecule has 1 amide bonds. The predicted molar refractivity (Wildman–Crippen MR) is 127 cm³/mol. The van der Waals surface area contributed by atoms with Gasteiger partial charge in [0.2, 0.25) is 0 Å². The molecule has 0 atom stereocenters. The maximum atomic E-state index is 13.6. The highest BCUT2D eigenvalue weighted by atomic mass is 35.5. The first-order chi connectivity index (χ1) is 15.6. The van der Waals surface area contributed by atoms with Crippen molar-refractivity contribution in [2.75, 3.05) is 5.32 Å². The summed E-state index contributed by atoms with van der Waals surface area (Å²) in [7, 11) is 0. The van der Waals surface area contributed by atoms with Crippen molar-refractivity contribution in [2.45, 2.75) is 37.5 Å². The van der Waals surface area contributed by atoms with E-state index in [9.17, 15) is 4.79 Å². The van der Waals surface area contributed by atoms with E-state index >= 15 is 0 Å². The fourth-order valence-corrected chi connectivity index (χ4v) is 4.61. The van der Waals surface area contributed by atoms with Gasteiger partial charge in [-0.1, -0.05) is 47.5 Å².